The van der Waals surface area contributed by atoms with E-state index in [4.69, 9.17) is 0 Å². The average molecular weight is 414 g/mol. The van der Waals surface area contributed by atoms with Crippen LogP contribution >= 0.6 is 0 Å². The number of Topliss-reactive ketones (excluding diaryl/α,β-unsaturated/α-hetero) is 1. The molecule has 1 saturated heterocycles. The molecule has 0 aromatic heterocycles. The number of amides is 1. The minimum Gasteiger partial charge on any atom is -0.380 e. The molecular formula is C26H27N3O2. The molecule has 5 nitrogen and oxygen atoms in total. The molecule has 5 heteroatoms. The molecule has 1 aliphatic heterocycles. The van der Waals surface area contributed by atoms with E-state index in [1.807, 2.05) is 71.6 Å². The molecule has 1 heterocycles. The smallest absolute Gasteiger partial charge is 0.253 e. The van der Waals surface area contributed by atoms with E-state index in [-0.39, 0.29) is 11.7 Å². The first-order valence-electron chi connectivity index (χ1n) is 10.6. The van der Waals surface area contributed by atoms with E-state index in [1.54, 1.807) is 6.92 Å². The van der Waals surface area contributed by atoms with Crippen molar-refractivity contribution in [3.05, 3.63) is 95.6 Å². The summed E-state index contributed by atoms with van der Waals surface area (Å²) in [5.74, 6) is 0.123. The topological polar surface area (TPSA) is 52.7 Å². The zero-order valence-corrected chi connectivity index (χ0v) is 17.8. The van der Waals surface area contributed by atoms with Gasteiger partial charge in [-0.2, -0.15) is 0 Å². The van der Waals surface area contributed by atoms with Crippen LogP contribution in [-0.4, -0.2) is 42.8 Å². The van der Waals surface area contributed by atoms with Gasteiger partial charge in [0.2, 0.25) is 0 Å². The third-order valence-corrected chi connectivity index (χ3v) is 5.66. The lowest BCUT2D eigenvalue weighted by atomic mass is 10.1. The molecule has 3 aromatic rings. The van der Waals surface area contributed by atoms with Gasteiger partial charge in [0.05, 0.1) is 0 Å². The minimum atomic E-state index is 0.0420. The molecule has 0 saturated carbocycles. The molecule has 0 radical (unpaired) electrons. The molecule has 0 aliphatic carbocycles. The van der Waals surface area contributed by atoms with Crippen LogP contribution in [0.4, 0.5) is 11.4 Å². The summed E-state index contributed by atoms with van der Waals surface area (Å²) in [5, 5.41) is 3.43. The summed E-state index contributed by atoms with van der Waals surface area (Å²) in [6.07, 6.45) is 0. The maximum Gasteiger partial charge on any atom is 0.253 e. The Morgan fingerprint density at radius 1 is 0.839 bits per heavy atom. The first-order valence-corrected chi connectivity index (χ1v) is 10.6. The largest absolute Gasteiger partial charge is 0.380 e. The highest BCUT2D eigenvalue weighted by Gasteiger charge is 2.23. The van der Waals surface area contributed by atoms with Crippen LogP contribution in [0.25, 0.3) is 0 Å². The van der Waals surface area contributed by atoms with Crippen LogP contribution in [0, 0.1) is 0 Å². The van der Waals surface area contributed by atoms with Gasteiger partial charge in [-0.05, 0) is 42.8 Å². The van der Waals surface area contributed by atoms with Gasteiger partial charge in [-0.1, -0.05) is 48.5 Å². The van der Waals surface area contributed by atoms with Crippen LogP contribution in [0.3, 0.4) is 0 Å². The highest BCUT2D eigenvalue weighted by molar-refractivity contribution is 6.00. The van der Waals surface area contributed by atoms with Gasteiger partial charge in [0.1, 0.15) is 0 Å². The van der Waals surface area contributed by atoms with Crippen molar-refractivity contribution in [2.75, 3.05) is 36.4 Å². The van der Waals surface area contributed by atoms with Crippen LogP contribution in [0.5, 0.6) is 0 Å². The molecule has 4 rings (SSSR count). The second-order valence-electron chi connectivity index (χ2n) is 7.77. The van der Waals surface area contributed by atoms with Gasteiger partial charge in [-0.15, -0.1) is 0 Å². The quantitative estimate of drug-likeness (QED) is 0.606. The predicted molar refractivity (Wildman–Crippen MR) is 125 cm³/mol. The number of ketones is 1. The van der Waals surface area contributed by atoms with Gasteiger partial charge in [0.15, 0.2) is 5.78 Å². The molecular weight excluding hydrogens is 386 g/mol. The van der Waals surface area contributed by atoms with Crippen LogP contribution in [-0.2, 0) is 6.54 Å². The second kappa shape index (κ2) is 9.47. The number of piperazine rings is 1. The summed E-state index contributed by atoms with van der Waals surface area (Å²) >= 11 is 0. The van der Waals surface area contributed by atoms with Crippen molar-refractivity contribution in [1.29, 1.82) is 0 Å². The summed E-state index contributed by atoms with van der Waals surface area (Å²) in [5.41, 5.74) is 4.49. The van der Waals surface area contributed by atoms with Crippen LogP contribution < -0.4 is 10.2 Å². The maximum absolute atomic E-state index is 12.7. The second-order valence-corrected chi connectivity index (χ2v) is 7.77. The fourth-order valence-electron chi connectivity index (χ4n) is 3.91. The number of hydrogen-bond acceptors (Lipinski definition) is 4. The molecule has 1 N–H and O–H groups in total. The fraction of sp³-hybridized carbons (Fsp3) is 0.231. The van der Waals surface area contributed by atoms with Crippen molar-refractivity contribution >= 4 is 23.1 Å². The molecule has 158 valence electrons. The zero-order valence-electron chi connectivity index (χ0n) is 17.8. The number of carbonyl (C=O) groups excluding carboxylic acids is 2. The Labute approximate surface area is 183 Å². The molecule has 1 fully saturated rings. The highest BCUT2D eigenvalue weighted by Crippen LogP contribution is 2.26. The first-order chi connectivity index (χ1) is 15.1. The molecule has 1 aliphatic rings. The lowest BCUT2D eigenvalue weighted by Gasteiger charge is -2.36. The molecule has 31 heavy (non-hydrogen) atoms. The molecule has 0 bridgehead atoms. The molecule has 3 aromatic carbocycles. The van der Waals surface area contributed by atoms with E-state index in [2.05, 4.69) is 22.3 Å². The predicted octanol–water partition coefficient (Wildman–Crippen LogP) is 4.46. The Morgan fingerprint density at radius 3 is 2.13 bits per heavy atom. The van der Waals surface area contributed by atoms with Crippen LogP contribution in [0.1, 0.15) is 33.2 Å². The van der Waals surface area contributed by atoms with E-state index in [0.29, 0.717) is 25.2 Å². The Kier molecular flexibility index (Phi) is 6.32. The Morgan fingerprint density at radius 2 is 1.48 bits per heavy atom. The third-order valence-electron chi connectivity index (χ3n) is 5.66. The van der Waals surface area contributed by atoms with Gasteiger partial charge < -0.3 is 15.1 Å². The summed E-state index contributed by atoms with van der Waals surface area (Å²) in [7, 11) is 0. The van der Waals surface area contributed by atoms with Gasteiger partial charge in [-0.25, -0.2) is 0 Å². The monoisotopic (exact) mass is 413 g/mol. The van der Waals surface area contributed by atoms with Crippen molar-refractivity contribution in [1.82, 2.24) is 4.90 Å². The molecule has 0 unspecified atom stereocenters. The van der Waals surface area contributed by atoms with Crippen LogP contribution in [0.15, 0.2) is 78.9 Å². The number of carbonyl (C=O) groups is 2. The van der Waals surface area contributed by atoms with Gasteiger partial charge in [0, 0.05) is 55.2 Å². The first kappa shape index (κ1) is 20.7. The van der Waals surface area contributed by atoms with Crippen molar-refractivity contribution in [3.8, 4) is 0 Å². The number of nitrogens with zero attached hydrogens (tertiary/aromatic N) is 2. The van der Waals surface area contributed by atoms with Gasteiger partial charge >= 0.3 is 0 Å². The Balaban J connectivity index is 1.45. The lowest BCUT2D eigenvalue weighted by molar-refractivity contribution is 0.0746. The molecule has 1 amide bonds. The Hall–Kier alpha value is -3.60. The number of benzene rings is 3. The number of anilines is 2. The number of nitrogens with one attached hydrogen (secondary N) is 1. The summed E-state index contributed by atoms with van der Waals surface area (Å²) in [6.45, 7) is 5.12. The standard InChI is InChI=1S/C26H27N3O2/c1-20(30)24-13-12-23(18-25(24)27-19-21-8-4-2-5-9-21)28-14-16-29(17-15-28)26(31)22-10-6-3-7-11-22/h2-13,18,27H,14-17,19H2,1H3. The number of hydrogen-bond donors (Lipinski definition) is 1. The average Bonchev–Trinajstić information content (AvgIpc) is 2.83. The third kappa shape index (κ3) is 4.94. The summed E-state index contributed by atoms with van der Waals surface area (Å²) in [4.78, 5) is 29.0. The normalized spacial score (nSPS) is 13.7. The molecule has 0 spiro atoms. The SMILES string of the molecule is CC(=O)c1ccc(N2CCN(C(=O)c3ccccc3)CC2)cc1NCc1ccccc1. The van der Waals surface area contributed by atoms with E-state index < -0.39 is 0 Å². The van der Waals surface area contributed by atoms with Gasteiger partial charge in [0.25, 0.3) is 5.91 Å². The minimum absolute atomic E-state index is 0.0420. The lowest BCUT2D eigenvalue weighted by Crippen LogP contribution is -2.48. The van der Waals surface area contributed by atoms with Gasteiger partial charge in [-0.3, -0.25) is 9.59 Å². The summed E-state index contributed by atoms with van der Waals surface area (Å²) in [6, 6.07) is 25.5. The van der Waals surface area contributed by atoms with Crippen molar-refractivity contribution in [3.63, 3.8) is 0 Å². The van der Waals surface area contributed by atoms with E-state index >= 15 is 0 Å². The van der Waals surface area contributed by atoms with E-state index in [0.717, 1.165) is 35.6 Å². The van der Waals surface area contributed by atoms with Crippen molar-refractivity contribution < 1.29 is 9.59 Å². The van der Waals surface area contributed by atoms with E-state index in [9.17, 15) is 9.59 Å². The maximum atomic E-state index is 12.7. The van der Waals surface area contributed by atoms with Crippen LogP contribution in [0.2, 0.25) is 0 Å². The highest BCUT2D eigenvalue weighted by atomic mass is 16.2. The zero-order chi connectivity index (χ0) is 21.6. The van der Waals surface area contributed by atoms with Crippen molar-refractivity contribution in [2.45, 2.75) is 13.5 Å². The Bertz CT molecular complexity index is 1040. The fourth-order valence-corrected chi connectivity index (χ4v) is 3.91. The molecule has 0 atom stereocenters. The number of rotatable bonds is 6. The van der Waals surface area contributed by atoms with E-state index in [1.165, 1.54) is 0 Å². The van der Waals surface area contributed by atoms with Crippen molar-refractivity contribution in [2.24, 2.45) is 0 Å². The summed E-state index contributed by atoms with van der Waals surface area (Å²) < 4.78 is 0.